The smallest absolute Gasteiger partial charge is 0.231 e. The molecule has 6 heteroatoms. The van der Waals surface area contributed by atoms with Gasteiger partial charge in [-0.15, -0.1) is 0 Å². The molecule has 0 aliphatic heterocycles. The highest BCUT2D eigenvalue weighted by Gasteiger charge is 2.65. The van der Waals surface area contributed by atoms with Crippen molar-refractivity contribution in [2.75, 3.05) is 36.2 Å². The molecule has 1 aromatic rings. The molecular weight excluding hydrogens is 252 g/mol. The topological polar surface area (TPSA) is 66.0 Å². The predicted molar refractivity (Wildman–Crippen MR) is 83.3 cm³/mol. The van der Waals surface area contributed by atoms with E-state index in [1.807, 2.05) is 25.9 Å². The molecule has 1 saturated carbocycles. The van der Waals surface area contributed by atoms with E-state index >= 15 is 0 Å². The molecule has 0 atom stereocenters. The van der Waals surface area contributed by atoms with Gasteiger partial charge in [0.25, 0.3) is 0 Å². The van der Waals surface area contributed by atoms with E-state index in [-0.39, 0.29) is 10.8 Å². The van der Waals surface area contributed by atoms with Crippen molar-refractivity contribution in [2.24, 2.45) is 10.8 Å². The number of nitrogens with one attached hydrogen (secondary N) is 2. The summed E-state index contributed by atoms with van der Waals surface area (Å²) in [6.07, 6.45) is 0. The van der Waals surface area contributed by atoms with Crippen molar-refractivity contribution in [3.8, 4) is 0 Å². The number of anilines is 3. The van der Waals surface area contributed by atoms with Gasteiger partial charge in [-0.05, 0) is 17.8 Å². The molecule has 1 aliphatic rings. The first-order valence-corrected chi connectivity index (χ1v) is 7.14. The Hall–Kier alpha value is -1.59. The molecule has 2 rings (SSSR count). The second-order valence-electron chi connectivity index (χ2n) is 6.73. The fourth-order valence-corrected chi connectivity index (χ4v) is 2.55. The van der Waals surface area contributed by atoms with Crippen molar-refractivity contribution in [3.63, 3.8) is 0 Å². The lowest BCUT2D eigenvalue weighted by molar-refractivity contribution is 0.457. The van der Waals surface area contributed by atoms with Crippen molar-refractivity contribution in [3.05, 3.63) is 0 Å². The van der Waals surface area contributed by atoms with E-state index in [0.717, 1.165) is 6.54 Å². The summed E-state index contributed by atoms with van der Waals surface area (Å²) in [5.41, 5.74) is 0.493. The number of hydrogen-bond acceptors (Lipinski definition) is 6. The molecule has 20 heavy (non-hydrogen) atoms. The summed E-state index contributed by atoms with van der Waals surface area (Å²) >= 11 is 0. The summed E-state index contributed by atoms with van der Waals surface area (Å²) < 4.78 is 0. The highest BCUT2D eigenvalue weighted by Crippen LogP contribution is 2.63. The van der Waals surface area contributed by atoms with Crippen LogP contribution in [-0.4, -0.2) is 41.6 Å². The van der Waals surface area contributed by atoms with Gasteiger partial charge in [-0.3, -0.25) is 0 Å². The zero-order chi connectivity index (χ0) is 15.1. The third-order valence-corrected chi connectivity index (χ3v) is 4.65. The normalized spacial score (nSPS) is 19.6. The van der Waals surface area contributed by atoms with E-state index in [4.69, 9.17) is 0 Å². The molecule has 6 nitrogen and oxygen atoms in total. The lowest BCUT2D eigenvalue weighted by atomic mass is 10.0. The van der Waals surface area contributed by atoms with Crippen LogP contribution in [0, 0.1) is 10.8 Å². The third-order valence-electron chi connectivity index (χ3n) is 4.65. The molecule has 0 bridgehead atoms. The summed E-state index contributed by atoms with van der Waals surface area (Å²) in [5.74, 6) is 1.92. The van der Waals surface area contributed by atoms with Crippen molar-refractivity contribution in [1.82, 2.24) is 15.0 Å². The van der Waals surface area contributed by atoms with E-state index < -0.39 is 0 Å². The second kappa shape index (κ2) is 4.75. The van der Waals surface area contributed by atoms with Gasteiger partial charge >= 0.3 is 0 Å². The van der Waals surface area contributed by atoms with Gasteiger partial charge in [0.2, 0.25) is 17.8 Å². The Labute approximate surface area is 121 Å². The molecule has 0 aromatic carbocycles. The molecule has 1 aliphatic carbocycles. The van der Waals surface area contributed by atoms with Crippen LogP contribution in [0.3, 0.4) is 0 Å². The fraction of sp³-hybridized carbons (Fsp3) is 0.786. The molecule has 1 heterocycles. The molecule has 1 aromatic heterocycles. The van der Waals surface area contributed by atoms with Gasteiger partial charge in [0.15, 0.2) is 0 Å². The Morgan fingerprint density at radius 1 is 1.00 bits per heavy atom. The largest absolute Gasteiger partial charge is 0.354 e. The molecule has 112 valence electrons. The van der Waals surface area contributed by atoms with Crippen molar-refractivity contribution < 1.29 is 0 Å². The Kier molecular flexibility index (Phi) is 3.52. The minimum absolute atomic E-state index is 0.246. The van der Waals surface area contributed by atoms with Crippen molar-refractivity contribution in [2.45, 2.75) is 40.7 Å². The van der Waals surface area contributed by atoms with Crippen molar-refractivity contribution >= 4 is 17.8 Å². The highest BCUT2D eigenvalue weighted by atomic mass is 15.3. The van der Waals surface area contributed by atoms with Gasteiger partial charge in [0, 0.05) is 26.7 Å². The minimum atomic E-state index is 0.246. The van der Waals surface area contributed by atoms with Crippen LogP contribution in [0.4, 0.5) is 17.8 Å². The standard InChI is InChI=1S/C14H26N6/c1-8-15-10-17-11(19-12(18-10)20(6)7)16-9-13(2,3)14(9,4)5/h9H,8H2,1-7H3,(H2,15,16,17,18,19). The Balaban J connectivity index is 2.24. The monoisotopic (exact) mass is 278 g/mol. The van der Waals surface area contributed by atoms with Crippen LogP contribution < -0.4 is 15.5 Å². The minimum Gasteiger partial charge on any atom is -0.354 e. The Morgan fingerprint density at radius 3 is 2.00 bits per heavy atom. The third kappa shape index (κ3) is 2.39. The number of aromatic nitrogens is 3. The van der Waals surface area contributed by atoms with Crippen LogP contribution >= 0.6 is 0 Å². The van der Waals surface area contributed by atoms with Gasteiger partial charge in [0.05, 0.1) is 0 Å². The molecule has 0 radical (unpaired) electrons. The van der Waals surface area contributed by atoms with E-state index in [9.17, 15) is 0 Å². The first kappa shape index (κ1) is 14.8. The van der Waals surface area contributed by atoms with Crippen LogP contribution in [0.5, 0.6) is 0 Å². The zero-order valence-corrected chi connectivity index (χ0v) is 13.6. The summed E-state index contributed by atoms with van der Waals surface area (Å²) in [6.45, 7) is 11.9. The van der Waals surface area contributed by atoms with Crippen LogP contribution in [0.15, 0.2) is 0 Å². The van der Waals surface area contributed by atoms with Gasteiger partial charge in [-0.2, -0.15) is 15.0 Å². The molecule has 2 N–H and O–H groups in total. The van der Waals surface area contributed by atoms with E-state index in [0.29, 0.717) is 23.9 Å². The highest BCUT2D eigenvalue weighted by molar-refractivity contribution is 5.45. The second-order valence-corrected chi connectivity index (χ2v) is 6.73. The predicted octanol–water partition coefficient (Wildman–Crippen LogP) is 2.22. The van der Waals surface area contributed by atoms with Crippen LogP contribution in [-0.2, 0) is 0 Å². The number of hydrogen-bond donors (Lipinski definition) is 2. The molecule has 1 fully saturated rings. The average molecular weight is 278 g/mol. The zero-order valence-electron chi connectivity index (χ0n) is 13.6. The summed E-state index contributed by atoms with van der Waals surface area (Å²) in [4.78, 5) is 15.2. The lowest BCUT2D eigenvalue weighted by Crippen LogP contribution is -2.19. The SMILES string of the molecule is CCNc1nc(NC2C(C)(C)C2(C)C)nc(N(C)C)n1. The maximum atomic E-state index is 4.48. The molecule has 0 spiro atoms. The fourth-order valence-electron chi connectivity index (χ4n) is 2.55. The maximum Gasteiger partial charge on any atom is 0.231 e. The van der Waals surface area contributed by atoms with E-state index in [1.165, 1.54) is 0 Å². The van der Waals surface area contributed by atoms with E-state index in [1.54, 1.807) is 0 Å². The summed E-state index contributed by atoms with van der Waals surface area (Å²) in [6, 6.07) is 0.377. The summed E-state index contributed by atoms with van der Waals surface area (Å²) in [5, 5.41) is 6.61. The Bertz CT molecular complexity index is 480. The van der Waals surface area contributed by atoms with Gasteiger partial charge in [0.1, 0.15) is 0 Å². The number of nitrogens with zero attached hydrogens (tertiary/aromatic N) is 4. The Morgan fingerprint density at radius 2 is 1.55 bits per heavy atom. The molecule has 0 saturated heterocycles. The van der Waals surface area contributed by atoms with Crippen molar-refractivity contribution in [1.29, 1.82) is 0 Å². The van der Waals surface area contributed by atoms with Gasteiger partial charge < -0.3 is 15.5 Å². The van der Waals surface area contributed by atoms with Crippen LogP contribution in [0.1, 0.15) is 34.6 Å². The van der Waals surface area contributed by atoms with Crippen LogP contribution in [0.2, 0.25) is 0 Å². The molecular formula is C14H26N6. The first-order valence-electron chi connectivity index (χ1n) is 7.14. The maximum absolute atomic E-state index is 4.48. The van der Waals surface area contributed by atoms with E-state index in [2.05, 4.69) is 53.3 Å². The first-order chi connectivity index (χ1) is 9.20. The lowest BCUT2D eigenvalue weighted by Gasteiger charge is -2.14. The summed E-state index contributed by atoms with van der Waals surface area (Å²) in [7, 11) is 3.86. The number of rotatable bonds is 5. The quantitative estimate of drug-likeness (QED) is 0.861. The van der Waals surface area contributed by atoms with Gasteiger partial charge in [-0.1, -0.05) is 27.7 Å². The van der Waals surface area contributed by atoms with Crippen LogP contribution in [0.25, 0.3) is 0 Å². The molecule has 0 unspecified atom stereocenters. The van der Waals surface area contributed by atoms with Gasteiger partial charge in [-0.25, -0.2) is 0 Å². The average Bonchev–Trinajstić information content (AvgIpc) is 2.72. The molecule has 0 amide bonds.